The Bertz CT molecular complexity index is 238. The maximum absolute atomic E-state index is 11.5. The fourth-order valence-corrected chi connectivity index (χ4v) is 1.02. The van der Waals surface area contributed by atoms with Gasteiger partial charge in [-0.25, -0.2) is 0 Å². The topological polar surface area (TPSA) is 75.6 Å². The molecule has 0 rings (SSSR count). The molecule has 2 N–H and O–H groups in total. The van der Waals surface area contributed by atoms with Crippen LogP contribution in [0.2, 0.25) is 0 Å². The standard InChI is InChI=1S/C10H19NO4/c1-7(15-4)9(14)11-10(2,3)6-5-8(12)13/h7H,5-6H2,1-4H3,(H,11,14)(H,12,13). The Morgan fingerprint density at radius 3 is 2.40 bits per heavy atom. The Morgan fingerprint density at radius 2 is 2.00 bits per heavy atom. The first-order valence-electron chi connectivity index (χ1n) is 4.85. The van der Waals surface area contributed by atoms with Crippen molar-refractivity contribution in [2.24, 2.45) is 0 Å². The summed E-state index contributed by atoms with van der Waals surface area (Å²) in [6.07, 6.45) is -0.0896. The van der Waals surface area contributed by atoms with Gasteiger partial charge in [0.05, 0.1) is 0 Å². The lowest BCUT2D eigenvalue weighted by Crippen LogP contribution is -2.47. The van der Waals surface area contributed by atoms with Crippen molar-refractivity contribution < 1.29 is 19.4 Å². The molecule has 0 aromatic rings. The van der Waals surface area contributed by atoms with Crippen LogP contribution in [0.3, 0.4) is 0 Å². The van der Waals surface area contributed by atoms with Crippen LogP contribution < -0.4 is 5.32 Å². The van der Waals surface area contributed by atoms with Crippen LogP contribution >= 0.6 is 0 Å². The molecule has 15 heavy (non-hydrogen) atoms. The molecule has 0 radical (unpaired) electrons. The van der Waals surface area contributed by atoms with E-state index in [1.807, 2.05) is 0 Å². The fourth-order valence-electron chi connectivity index (χ4n) is 1.02. The first kappa shape index (κ1) is 13.9. The number of methoxy groups -OCH3 is 1. The number of amides is 1. The van der Waals surface area contributed by atoms with Crippen LogP contribution in [0.5, 0.6) is 0 Å². The average molecular weight is 217 g/mol. The van der Waals surface area contributed by atoms with Crippen molar-refractivity contribution in [2.45, 2.75) is 45.3 Å². The van der Waals surface area contributed by atoms with E-state index in [9.17, 15) is 9.59 Å². The molecule has 0 aliphatic rings. The molecule has 1 unspecified atom stereocenters. The summed E-state index contributed by atoms with van der Waals surface area (Å²) in [5.41, 5.74) is -0.526. The highest BCUT2D eigenvalue weighted by Crippen LogP contribution is 2.11. The van der Waals surface area contributed by atoms with Gasteiger partial charge in [0.2, 0.25) is 5.91 Å². The smallest absolute Gasteiger partial charge is 0.303 e. The molecule has 5 heteroatoms. The number of rotatable bonds is 6. The van der Waals surface area contributed by atoms with Gasteiger partial charge in [-0.3, -0.25) is 9.59 Å². The molecule has 0 bridgehead atoms. The van der Waals surface area contributed by atoms with Gasteiger partial charge in [-0.05, 0) is 27.2 Å². The second-order valence-electron chi connectivity index (χ2n) is 4.14. The average Bonchev–Trinajstić information content (AvgIpc) is 2.13. The lowest BCUT2D eigenvalue weighted by atomic mass is 9.98. The summed E-state index contributed by atoms with van der Waals surface area (Å²) in [4.78, 5) is 21.8. The van der Waals surface area contributed by atoms with Gasteiger partial charge in [-0.15, -0.1) is 0 Å². The van der Waals surface area contributed by atoms with E-state index in [1.165, 1.54) is 7.11 Å². The summed E-state index contributed by atoms with van der Waals surface area (Å²) in [5.74, 6) is -1.09. The maximum atomic E-state index is 11.5. The monoisotopic (exact) mass is 217 g/mol. The molecule has 0 aromatic carbocycles. The molecule has 1 amide bonds. The van der Waals surface area contributed by atoms with E-state index in [1.54, 1.807) is 20.8 Å². The molecule has 0 aromatic heterocycles. The highest BCUT2D eigenvalue weighted by molar-refractivity contribution is 5.81. The summed E-state index contributed by atoms with van der Waals surface area (Å²) in [7, 11) is 1.45. The van der Waals surface area contributed by atoms with Crippen molar-refractivity contribution >= 4 is 11.9 Å². The van der Waals surface area contributed by atoms with Crippen LogP contribution in [-0.2, 0) is 14.3 Å². The van der Waals surface area contributed by atoms with Gasteiger partial charge >= 0.3 is 5.97 Å². The second-order valence-corrected chi connectivity index (χ2v) is 4.14. The van der Waals surface area contributed by atoms with Gasteiger partial charge in [0.1, 0.15) is 6.10 Å². The normalized spacial score (nSPS) is 13.3. The SMILES string of the molecule is COC(C)C(=O)NC(C)(C)CCC(=O)O. The van der Waals surface area contributed by atoms with Gasteiger partial charge in [0.15, 0.2) is 0 Å². The van der Waals surface area contributed by atoms with E-state index in [-0.39, 0.29) is 12.3 Å². The molecular formula is C10H19NO4. The van der Waals surface area contributed by atoms with Crippen LogP contribution in [0.4, 0.5) is 0 Å². The first-order chi connectivity index (χ1) is 6.78. The number of carbonyl (C=O) groups excluding carboxylic acids is 1. The Labute approximate surface area is 89.8 Å². The highest BCUT2D eigenvalue weighted by Gasteiger charge is 2.23. The Morgan fingerprint density at radius 1 is 1.47 bits per heavy atom. The number of hydrogen-bond donors (Lipinski definition) is 2. The lowest BCUT2D eigenvalue weighted by Gasteiger charge is -2.27. The van der Waals surface area contributed by atoms with Crippen LogP contribution in [0, 0.1) is 0 Å². The summed E-state index contributed by atoms with van der Waals surface area (Å²) in [6, 6.07) is 0. The molecule has 0 heterocycles. The molecule has 0 fully saturated rings. The minimum atomic E-state index is -0.864. The summed E-state index contributed by atoms with van der Waals surface area (Å²) in [5, 5.41) is 11.3. The quantitative estimate of drug-likeness (QED) is 0.689. The third-order valence-electron chi connectivity index (χ3n) is 2.15. The number of carboxylic acids is 1. The van der Waals surface area contributed by atoms with Crippen LogP contribution in [0.15, 0.2) is 0 Å². The van der Waals surface area contributed by atoms with Gasteiger partial charge in [0.25, 0.3) is 0 Å². The molecule has 0 aliphatic carbocycles. The number of carbonyl (C=O) groups is 2. The van der Waals surface area contributed by atoms with Gasteiger partial charge < -0.3 is 15.2 Å². The van der Waals surface area contributed by atoms with Gasteiger partial charge in [0, 0.05) is 19.1 Å². The zero-order valence-corrected chi connectivity index (χ0v) is 9.66. The molecule has 5 nitrogen and oxygen atoms in total. The Balaban J connectivity index is 4.12. The third kappa shape index (κ3) is 6.06. The van der Waals surface area contributed by atoms with E-state index in [4.69, 9.17) is 9.84 Å². The number of hydrogen-bond acceptors (Lipinski definition) is 3. The maximum Gasteiger partial charge on any atom is 0.303 e. The Kier molecular flexibility index (Phi) is 5.28. The van der Waals surface area contributed by atoms with E-state index in [2.05, 4.69) is 5.32 Å². The predicted molar refractivity (Wildman–Crippen MR) is 55.6 cm³/mol. The number of ether oxygens (including phenoxy) is 1. The van der Waals surface area contributed by atoms with Gasteiger partial charge in [-0.1, -0.05) is 0 Å². The molecule has 0 spiro atoms. The van der Waals surface area contributed by atoms with Crippen LogP contribution in [-0.4, -0.2) is 35.7 Å². The molecule has 1 atom stereocenters. The van der Waals surface area contributed by atoms with Crippen molar-refractivity contribution in [1.29, 1.82) is 0 Å². The minimum absolute atomic E-state index is 0.0364. The zero-order valence-electron chi connectivity index (χ0n) is 9.66. The zero-order chi connectivity index (χ0) is 12.1. The molecule has 0 aliphatic heterocycles. The van der Waals surface area contributed by atoms with Crippen LogP contribution in [0.25, 0.3) is 0 Å². The predicted octanol–water partition coefficient (Wildman–Crippen LogP) is 0.781. The van der Waals surface area contributed by atoms with Crippen molar-refractivity contribution in [2.75, 3.05) is 7.11 Å². The summed E-state index contributed by atoms with van der Waals surface area (Å²) in [6.45, 7) is 5.22. The summed E-state index contributed by atoms with van der Waals surface area (Å²) >= 11 is 0. The van der Waals surface area contributed by atoms with Crippen molar-refractivity contribution in [3.63, 3.8) is 0 Å². The Hall–Kier alpha value is -1.10. The van der Waals surface area contributed by atoms with E-state index in [0.717, 1.165) is 0 Å². The van der Waals surface area contributed by atoms with E-state index < -0.39 is 17.6 Å². The molecule has 0 saturated heterocycles. The first-order valence-corrected chi connectivity index (χ1v) is 4.85. The van der Waals surface area contributed by atoms with Crippen molar-refractivity contribution in [3.8, 4) is 0 Å². The minimum Gasteiger partial charge on any atom is -0.481 e. The van der Waals surface area contributed by atoms with Crippen molar-refractivity contribution in [3.05, 3.63) is 0 Å². The molecular weight excluding hydrogens is 198 g/mol. The second kappa shape index (κ2) is 5.70. The van der Waals surface area contributed by atoms with Gasteiger partial charge in [-0.2, -0.15) is 0 Å². The van der Waals surface area contributed by atoms with Crippen molar-refractivity contribution in [1.82, 2.24) is 5.32 Å². The molecule has 0 saturated carbocycles. The highest BCUT2D eigenvalue weighted by atomic mass is 16.5. The van der Waals surface area contributed by atoms with E-state index >= 15 is 0 Å². The number of nitrogens with one attached hydrogen (secondary N) is 1. The lowest BCUT2D eigenvalue weighted by molar-refractivity contribution is -0.138. The molecule has 88 valence electrons. The summed E-state index contributed by atoms with van der Waals surface area (Å²) < 4.78 is 4.86. The fraction of sp³-hybridized carbons (Fsp3) is 0.800. The van der Waals surface area contributed by atoms with E-state index in [0.29, 0.717) is 6.42 Å². The number of carboxylic acid groups (broad SMARTS) is 1. The number of aliphatic carboxylic acids is 1. The third-order valence-corrected chi connectivity index (χ3v) is 2.15. The largest absolute Gasteiger partial charge is 0.481 e. The van der Waals surface area contributed by atoms with Crippen LogP contribution in [0.1, 0.15) is 33.6 Å².